The first kappa shape index (κ1) is 14.3. The summed E-state index contributed by atoms with van der Waals surface area (Å²) in [6, 6.07) is 0.544. The van der Waals surface area contributed by atoms with Gasteiger partial charge in [-0.15, -0.1) is 0 Å². The highest BCUT2D eigenvalue weighted by Gasteiger charge is 2.27. The monoisotopic (exact) mass is 303 g/mol. The number of likely N-dealkylation sites (tertiary alicyclic amines) is 1. The lowest BCUT2D eigenvalue weighted by Gasteiger charge is -2.22. The smallest absolute Gasteiger partial charge is 0.372 e. The Bertz CT molecular complexity index is 201. The zero-order chi connectivity index (χ0) is 12.0. The van der Waals surface area contributed by atoms with Gasteiger partial charge in [0.25, 0.3) is 0 Å². The molecular formula is C10H17BrF3NO. The fourth-order valence-electron chi connectivity index (χ4n) is 1.92. The first-order valence-corrected chi connectivity index (χ1v) is 6.59. The number of halogens is 4. The Balaban J connectivity index is 2.03. The third kappa shape index (κ3) is 5.50. The maximum Gasteiger partial charge on any atom is 0.411 e. The number of nitrogens with zero attached hydrogens (tertiary/aromatic N) is 1. The maximum atomic E-state index is 11.8. The van der Waals surface area contributed by atoms with Crippen LogP contribution in [0.3, 0.4) is 0 Å². The predicted molar refractivity (Wildman–Crippen MR) is 59.9 cm³/mol. The largest absolute Gasteiger partial charge is 0.411 e. The minimum Gasteiger partial charge on any atom is -0.372 e. The van der Waals surface area contributed by atoms with Crippen LogP contribution in [-0.2, 0) is 4.74 Å². The molecule has 0 N–H and O–H groups in total. The van der Waals surface area contributed by atoms with Crippen molar-refractivity contribution in [3.63, 3.8) is 0 Å². The lowest BCUT2D eigenvalue weighted by atomic mass is 10.2. The minimum atomic E-state index is -4.20. The van der Waals surface area contributed by atoms with Crippen molar-refractivity contribution < 1.29 is 17.9 Å². The van der Waals surface area contributed by atoms with E-state index >= 15 is 0 Å². The van der Waals surface area contributed by atoms with Crippen LogP contribution < -0.4 is 0 Å². The highest BCUT2D eigenvalue weighted by atomic mass is 79.9. The Morgan fingerprint density at radius 1 is 1.38 bits per heavy atom. The van der Waals surface area contributed by atoms with Crippen LogP contribution in [0.5, 0.6) is 0 Å². The molecule has 1 aliphatic heterocycles. The summed E-state index contributed by atoms with van der Waals surface area (Å²) < 4.78 is 39.8. The number of rotatable bonds is 6. The summed E-state index contributed by atoms with van der Waals surface area (Å²) >= 11 is 3.44. The van der Waals surface area contributed by atoms with E-state index in [2.05, 4.69) is 25.6 Å². The third-order valence-electron chi connectivity index (χ3n) is 2.68. The maximum absolute atomic E-state index is 11.8. The topological polar surface area (TPSA) is 12.5 Å². The van der Waals surface area contributed by atoms with Crippen LogP contribution >= 0.6 is 15.9 Å². The van der Waals surface area contributed by atoms with E-state index in [0.717, 1.165) is 18.4 Å². The summed E-state index contributed by atoms with van der Waals surface area (Å²) in [4.78, 5) is 2.31. The van der Waals surface area contributed by atoms with Crippen LogP contribution in [0.15, 0.2) is 0 Å². The molecule has 2 nitrogen and oxygen atoms in total. The van der Waals surface area contributed by atoms with Crippen molar-refractivity contribution in [3.05, 3.63) is 0 Å². The van der Waals surface area contributed by atoms with Gasteiger partial charge >= 0.3 is 6.18 Å². The van der Waals surface area contributed by atoms with Crippen LogP contribution in [0.25, 0.3) is 0 Å². The average molecular weight is 304 g/mol. The van der Waals surface area contributed by atoms with Gasteiger partial charge in [-0.05, 0) is 25.8 Å². The average Bonchev–Trinajstić information content (AvgIpc) is 2.63. The SMILES string of the molecule is FC(F)(F)COCCCN1CCCC1CBr. The van der Waals surface area contributed by atoms with E-state index in [9.17, 15) is 13.2 Å². The predicted octanol–water partition coefficient (Wildman–Crippen LogP) is 2.81. The molecule has 1 heterocycles. The van der Waals surface area contributed by atoms with Gasteiger partial charge in [-0.2, -0.15) is 13.2 Å². The molecule has 0 radical (unpaired) electrons. The highest BCUT2D eigenvalue weighted by Crippen LogP contribution is 2.19. The van der Waals surface area contributed by atoms with Crippen molar-refractivity contribution in [2.45, 2.75) is 31.5 Å². The van der Waals surface area contributed by atoms with Crippen molar-refractivity contribution in [1.29, 1.82) is 0 Å². The second-order valence-electron chi connectivity index (χ2n) is 4.01. The lowest BCUT2D eigenvalue weighted by molar-refractivity contribution is -0.174. The molecule has 0 spiro atoms. The van der Waals surface area contributed by atoms with Crippen LogP contribution in [0.2, 0.25) is 0 Å². The molecule has 0 bridgehead atoms. The lowest BCUT2D eigenvalue weighted by Crippen LogP contribution is -2.32. The van der Waals surface area contributed by atoms with Crippen molar-refractivity contribution in [2.24, 2.45) is 0 Å². The molecule has 0 aromatic carbocycles. The molecule has 0 aliphatic carbocycles. The number of alkyl halides is 4. The fourth-order valence-corrected chi connectivity index (χ4v) is 2.66. The van der Waals surface area contributed by atoms with E-state index in [0.29, 0.717) is 12.5 Å². The molecule has 1 saturated heterocycles. The Morgan fingerprint density at radius 2 is 2.12 bits per heavy atom. The molecule has 96 valence electrons. The molecule has 6 heteroatoms. The van der Waals surface area contributed by atoms with Crippen LogP contribution in [0.1, 0.15) is 19.3 Å². The van der Waals surface area contributed by atoms with Gasteiger partial charge in [0.1, 0.15) is 6.61 Å². The normalized spacial score (nSPS) is 22.9. The quantitative estimate of drug-likeness (QED) is 0.553. The highest BCUT2D eigenvalue weighted by molar-refractivity contribution is 9.09. The van der Waals surface area contributed by atoms with Crippen LogP contribution in [-0.4, -0.2) is 48.8 Å². The second-order valence-corrected chi connectivity index (χ2v) is 4.66. The Kier molecular flexibility index (Phi) is 6.07. The van der Waals surface area contributed by atoms with Crippen molar-refractivity contribution in [3.8, 4) is 0 Å². The number of hydrogen-bond donors (Lipinski definition) is 0. The summed E-state index contributed by atoms with van der Waals surface area (Å²) in [6.07, 6.45) is -1.18. The molecule has 1 fully saturated rings. The third-order valence-corrected chi connectivity index (χ3v) is 3.42. The van der Waals surface area contributed by atoms with E-state index in [1.165, 1.54) is 12.8 Å². The minimum absolute atomic E-state index is 0.186. The van der Waals surface area contributed by atoms with Gasteiger partial charge in [0.15, 0.2) is 0 Å². The van der Waals surface area contributed by atoms with Gasteiger partial charge in [-0.25, -0.2) is 0 Å². The van der Waals surface area contributed by atoms with E-state index < -0.39 is 12.8 Å². The molecule has 1 rings (SSSR count). The summed E-state index contributed by atoms with van der Waals surface area (Å²) in [6.45, 7) is 0.934. The number of ether oxygens (including phenoxy) is 1. The van der Waals surface area contributed by atoms with Gasteiger partial charge in [0.2, 0.25) is 0 Å². The van der Waals surface area contributed by atoms with E-state index in [1.807, 2.05) is 0 Å². The molecule has 0 aromatic rings. The van der Waals surface area contributed by atoms with Gasteiger partial charge in [0, 0.05) is 24.5 Å². The van der Waals surface area contributed by atoms with E-state index in [1.54, 1.807) is 0 Å². The molecule has 1 atom stereocenters. The zero-order valence-electron chi connectivity index (χ0n) is 9.10. The molecule has 0 saturated carbocycles. The Hall–Kier alpha value is 0.190. The van der Waals surface area contributed by atoms with Gasteiger partial charge in [0.05, 0.1) is 0 Å². The first-order chi connectivity index (χ1) is 7.53. The standard InChI is InChI=1S/C10H17BrF3NO/c11-7-9-3-1-4-15(9)5-2-6-16-8-10(12,13)14/h9H,1-8H2. The van der Waals surface area contributed by atoms with E-state index in [4.69, 9.17) is 0 Å². The second kappa shape index (κ2) is 6.81. The molecule has 16 heavy (non-hydrogen) atoms. The van der Waals surface area contributed by atoms with E-state index in [-0.39, 0.29) is 6.61 Å². The summed E-state index contributed by atoms with van der Waals surface area (Å²) in [5.41, 5.74) is 0. The molecule has 0 aromatic heterocycles. The Morgan fingerprint density at radius 3 is 2.75 bits per heavy atom. The van der Waals surface area contributed by atoms with Gasteiger partial charge < -0.3 is 4.74 Å². The summed E-state index contributed by atoms with van der Waals surface area (Å²) in [7, 11) is 0. The molecule has 1 aliphatic rings. The molecular weight excluding hydrogens is 287 g/mol. The first-order valence-electron chi connectivity index (χ1n) is 5.47. The van der Waals surface area contributed by atoms with Gasteiger partial charge in [-0.1, -0.05) is 15.9 Å². The van der Waals surface area contributed by atoms with Crippen molar-refractivity contribution >= 4 is 15.9 Å². The fraction of sp³-hybridized carbons (Fsp3) is 1.00. The summed E-state index contributed by atoms with van der Waals surface area (Å²) in [5, 5.41) is 0.941. The molecule has 0 amide bonds. The van der Waals surface area contributed by atoms with Crippen LogP contribution in [0.4, 0.5) is 13.2 Å². The zero-order valence-corrected chi connectivity index (χ0v) is 10.7. The van der Waals surface area contributed by atoms with Crippen molar-refractivity contribution in [2.75, 3.05) is 31.6 Å². The van der Waals surface area contributed by atoms with Crippen molar-refractivity contribution in [1.82, 2.24) is 4.90 Å². The summed E-state index contributed by atoms with van der Waals surface area (Å²) in [5.74, 6) is 0. The number of hydrogen-bond acceptors (Lipinski definition) is 2. The van der Waals surface area contributed by atoms with Crippen LogP contribution in [0, 0.1) is 0 Å². The van der Waals surface area contributed by atoms with Gasteiger partial charge in [-0.3, -0.25) is 4.90 Å². The Labute approximate surface area is 102 Å². The molecule has 1 unspecified atom stereocenters.